The summed E-state index contributed by atoms with van der Waals surface area (Å²) in [5.74, 6) is 4.27. The maximum Gasteiger partial charge on any atom is 0.416 e. The first-order valence-corrected chi connectivity index (χ1v) is 9.37. The van der Waals surface area contributed by atoms with Crippen LogP contribution >= 0.6 is 11.3 Å². The van der Waals surface area contributed by atoms with Crippen molar-refractivity contribution in [2.24, 2.45) is 11.3 Å². The van der Waals surface area contributed by atoms with Crippen LogP contribution in [0.3, 0.4) is 0 Å². The zero-order chi connectivity index (χ0) is 20.0. The molecule has 146 valence electrons. The molecular weight excluding hydrogens is 377 g/mol. The molecule has 2 aromatic rings. The highest BCUT2D eigenvalue weighted by Crippen LogP contribution is 2.46. The quantitative estimate of drug-likeness (QED) is 0.519. The van der Waals surface area contributed by atoms with E-state index in [0.29, 0.717) is 16.9 Å². The van der Waals surface area contributed by atoms with Crippen LogP contribution in [0.15, 0.2) is 18.2 Å². The number of benzene rings is 1. The smallest absolute Gasteiger partial charge is 0.416 e. The maximum atomic E-state index is 13.2. The minimum absolute atomic E-state index is 0.0367. The number of halogens is 3. The molecule has 1 heterocycles. The van der Waals surface area contributed by atoms with Gasteiger partial charge in [0.1, 0.15) is 0 Å². The van der Waals surface area contributed by atoms with Crippen molar-refractivity contribution in [1.29, 1.82) is 0 Å². The summed E-state index contributed by atoms with van der Waals surface area (Å²) in [6.45, 7) is 4.29. The van der Waals surface area contributed by atoms with E-state index in [2.05, 4.69) is 19.3 Å². The van der Waals surface area contributed by atoms with E-state index in [-0.39, 0.29) is 23.1 Å². The summed E-state index contributed by atoms with van der Waals surface area (Å²) >= 11 is 1.29. The summed E-state index contributed by atoms with van der Waals surface area (Å²) in [6, 6.07) is 3.38. The molecule has 0 spiro atoms. The number of nitrogens with two attached hydrogens (primary N) is 1. The molecular formula is C19H21F3N2O2S. The van der Waals surface area contributed by atoms with Gasteiger partial charge in [0.05, 0.1) is 11.1 Å². The number of rotatable bonds is 4. The van der Waals surface area contributed by atoms with E-state index in [1.807, 2.05) is 0 Å². The number of thiophene rings is 1. The van der Waals surface area contributed by atoms with Crippen molar-refractivity contribution in [2.75, 3.05) is 0 Å². The second kappa shape index (κ2) is 6.92. The van der Waals surface area contributed by atoms with Gasteiger partial charge in [0.2, 0.25) is 0 Å². The zero-order valence-corrected chi connectivity index (χ0v) is 15.9. The van der Waals surface area contributed by atoms with Crippen molar-refractivity contribution in [3.05, 3.63) is 45.3 Å². The number of nitrogens with one attached hydrogen (secondary N) is 1. The largest absolute Gasteiger partial charge is 0.478 e. The van der Waals surface area contributed by atoms with Crippen LogP contribution in [0.2, 0.25) is 0 Å². The van der Waals surface area contributed by atoms with Gasteiger partial charge in [-0.05, 0) is 53.5 Å². The van der Waals surface area contributed by atoms with Crippen molar-refractivity contribution >= 4 is 17.3 Å². The minimum Gasteiger partial charge on any atom is -0.478 e. The normalized spacial score (nSPS) is 16.2. The number of hydrogen-bond acceptors (Lipinski definition) is 4. The van der Waals surface area contributed by atoms with E-state index in [1.54, 1.807) is 0 Å². The average Bonchev–Trinajstić information content (AvgIpc) is 2.91. The third kappa shape index (κ3) is 3.88. The molecule has 3 rings (SSSR count). The fourth-order valence-corrected chi connectivity index (χ4v) is 4.92. The van der Waals surface area contributed by atoms with Crippen LogP contribution in [0.1, 0.15) is 52.2 Å². The number of alkyl halides is 3. The molecule has 1 aromatic heterocycles. The third-order valence-corrected chi connectivity index (χ3v) is 6.29. The first-order valence-electron chi connectivity index (χ1n) is 8.55. The van der Waals surface area contributed by atoms with Crippen LogP contribution in [-0.4, -0.2) is 11.1 Å². The highest BCUT2D eigenvalue weighted by Gasteiger charge is 2.35. The molecule has 0 amide bonds. The molecule has 0 bridgehead atoms. The first kappa shape index (κ1) is 19.9. The lowest BCUT2D eigenvalue weighted by molar-refractivity contribution is -0.137. The van der Waals surface area contributed by atoms with Gasteiger partial charge in [-0.2, -0.15) is 13.2 Å². The molecule has 0 radical (unpaired) electrons. The van der Waals surface area contributed by atoms with Crippen LogP contribution < -0.4 is 11.3 Å². The monoisotopic (exact) mass is 398 g/mol. The van der Waals surface area contributed by atoms with Gasteiger partial charge in [-0.25, -0.2) is 4.79 Å². The molecule has 27 heavy (non-hydrogen) atoms. The van der Waals surface area contributed by atoms with Gasteiger partial charge in [-0.1, -0.05) is 19.9 Å². The van der Waals surface area contributed by atoms with Crippen LogP contribution in [0.25, 0.3) is 10.4 Å². The van der Waals surface area contributed by atoms with E-state index in [1.165, 1.54) is 17.4 Å². The Morgan fingerprint density at radius 1 is 1.37 bits per heavy atom. The number of hydrazine groups is 1. The Bertz CT molecular complexity index is 888. The molecule has 0 saturated heterocycles. The molecule has 1 aliphatic carbocycles. The second-order valence-electron chi connectivity index (χ2n) is 7.60. The summed E-state index contributed by atoms with van der Waals surface area (Å²) in [5.41, 5.74) is 3.30. The zero-order valence-electron chi connectivity index (χ0n) is 15.0. The molecule has 0 fully saturated rings. The number of fused-ring (bicyclic) bond motifs is 1. The Labute approximate surface area is 159 Å². The van der Waals surface area contributed by atoms with Crippen LogP contribution in [-0.2, 0) is 25.6 Å². The van der Waals surface area contributed by atoms with Crippen molar-refractivity contribution < 1.29 is 23.1 Å². The molecule has 4 nitrogen and oxygen atoms in total. The van der Waals surface area contributed by atoms with Crippen molar-refractivity contribution in [3.8, 4) is 10.4 Å². The Hall–Kier alpha value is -1.90. The predicted molar refractivity (Wildman–Crippen MR) is 98.5 cm³/mol. The Morgan fingerprint density at radius 3 is 2.67 bits per heavy atom. The number of carboxylic acid groups (broad SMARTS) is 1. The van der Waals surface area contributed by atoms with Crippen molar-refractivity contribution in [2.45, 2.75) is 45.8 Å². The second-order valence-corrected chi connectivity index (χ2v) is 8.71. The summed E-state index contributed by atoms with van der Waals surface area (Å²) < 4.78 is 39.7. The molecule has 1 aliphatic rings. The van der Waals surface area contributed by atoms with Gasteiger partial charge in [0, 0.05) is 16.3 Å². The maximum absolute atomic E-state index is 13.2. The fraction of sp³-hybridized carbons (Fsp3) is 0.421. The molecule has 1 aromatic carbocycles. The van der Waals surface area contributed by atoms with Gasteiger partial charge in [-0.15, -0.1) is 11.3 Å². The molecule has 8 heteroatoms. The van der Waals surface area contributed by atoms with E-state index in [9.17, 15) is 23.1 Å². The standard InChI is InChI=1S/C19H21F3N2O2S/c1-18(2)6-5-14-13(8-18)15(17(25)26)16(27-14)12-7-11(19(20,21)22)4-3-10(12)9-24-23/h3-4,7,24H,5-6,8-9,23H2,1-2H3,(H,25,26). The van der Waals surface area contributed by atoms with Gasteiger partial charge < -0.3 is 5.11 Å². The predicted octanol–water partition coefficient (Wildman–Crippen LogP) is 4.61. The van der Waals surface area contributed by atoms with Gasteiger partial charge >= 0.3 is 12.1 Å². The summed E-state index contributed by atoms with van der Waals surface area (Å²) in [5, 5.41) is 9.84. The molecule has 4 N–H and O–H groups in total. The Kier molecular flexibility index (Phi) is 5.09. The fourth-order valence-electron chi connectivity index (χ4n) is 3.56. The molecule has 0 saturated carbocycles. The van der Waals surface area contributed by atoms with Gasteiger partial charge in [0.25, 0.3) is 0 Å². The number of carboxylic acids is 1. The van der Waals surface area contributed by atoms with Crippen LogP contribution in [0, 0.1) is 5.41 Å². The summed E-state index contributed by atoms with van der Waals surface area (Å²) in [6.07, 6.45) is -2.26. The average molecular weight is 398 g/mol. The van der Waals surface area contributed by atoms with Gasteiger partial charge in [0.15, 0.2) is 0 Å². The first-order chi connectivity index (χ1) is 12.5. The van der Waals surface area contributed by atoms with Gasteiger partial charge in [-0.3, -0.25) is 11.3 Å². The summed E-state index contributed by atoms with van der Waals surface area (Å²) in [7, 11) is 0. The molecule has 0 atom stereocenters. The number of carbonyl (C=O) groups is 1. The molecule has 0 unspecified atom stereocenters. The van der Waals surface area contributed by atoms with E-state index < -0.39 is 17.7 Å². The lowest BCUT2D eigenvalue weighted by Crippen LogP contribution is -2.22. The Morgan fingerprint density at radius 2 is 2.07 bits per heavy atom. The Balaban J connectivity index is 2.24. The van der Waals surface area contributed by atoms with E-state index in [4.69, 9.17) is 5.84 Å². The number of aromatic carboxylic acids is 1. The number of aryl methyl sites for hydroxylation is 1. The lowest BCUT2D eigenvalue weighted by atomic mass is 9.76. The topological polar surface area (TPSA) is 75.3 Å². The minimum atomic E-state index is -4.51. The van der Waals surface area contributed by atoms with E-state index >= 15 is 0 Å². The van der Waals surface area contributed by atoms with Crippen molar-refractivity contribution in [3.63, 3.8) is 0 Å². The van der Waals surface area contributed by atoms with Crippen LogP contribution in [0.4, 0.5) is 13.2 Å². The molecule has 0 aliphatic heterocycles. The third-order valence-electron chi connectivity index (χ3n) is 4.96. The van der Waals surface area contributed by atoms with Crippen LogP contribution in [0.5, 0.6) is 0 Å². The van der Waals surface area contributed by atoms with E-state index in [0.717, 1.165) is 35.4 Å². The lowest BCUT2D eigenvalue weighted by Gasteiger charge is -2.29. The summed E-state index contributed by atoms with van der Waals surface area (Å²) in [4.78, 5) is 13.4. The highest BCUT2D eigenvalue weighted by molar-refractivity contribution is 7.16. The number of hydrogen-bond donors (Lipinski definition) is 3. The SMILES string of the molecule is CC1(C)CCc2sc(-c3cc(C(F)(F)F)ccc3CNN)c(C(=O)O)c2C1. The van der Waals surface area contributed by atoms with Crippen molar-refractivity contribution in [1.82, 2.24) is 5.43 Å². The highest BCUT2D eigenvalue weighted by atomic mass is 32.1.